The van der Waals surface area contributed by atoms with Crippen molar-refractivity contribution in [2.45, 2.75) is 26.4 Å². The van der Waals surface area contributed by atoms with E-state index in [0.717, 1.165) is 40.4 Å². The van der Waals surface area contributed by atoms with Crippen LogP contribution in [0, 0.1) is 12.7 Å². The van der Waals surface area contributed by atoms with E-state index in [9.17, 15) is 4.39 Å². The molecule has 3 aromatic heterocycles. The summed E-state index contributed by atoms with van der Waals surface area (Å²) in [5, 5.41) is 11.6. The average Bonchev–Trinajstić information content (AvgIpc) is 3.43. The molecule has 0 aliphatic carbocycles. The quantitative estimate of drug-likeness (QED) is 0.500. The van der Waals surface area contributed by atoms with Crippen LogP contribution in [0.5, 0.6) is 5.75 Å². The first-order chi connectivity index (χ1) is 15.5. The topological polar surface area (TPSA) is 80.5 Å². The minimum atomic E-state index is -0.252. The Balaban J connectivity index is 1.46. The minimum absolute atomic E-state index is 0.252. The lowest BCUT2D eigenvalue weighted by Gasteiger charge is -2.14. The van der Waals surface area contributed by atoms with Gasteiger partial charge < -0.3 is 15.0 Å². The molecular formula is C23H24FN7O. The normalized spacial score (nSPS) is 12.9. The summed E-state index contributed by atoms with van der Waals surface area (Å²) in [4.78, 5) is 11.4. The Hall–Kier alpha value is -3.59. The molecule has 0 amide bonds. The van der Waals surface area contributed by atoms with Crippen LogP contribution in [0.15, 0.2) is 36.8 Å². The fourth-order valence-corrected chi connectivity index (χ4v) is 4.12. The molecule has 4 aromatic rings. The van der Waals surface area contributed by atoms with E-state index in [1.807, 2.05) is 33.2 Å². The lowest BCUT2D eigenvalue weighted by atomic mass is 10.0. The number of hydrogen-bond donors (Lipinski definition) is 1. The molecule has 9 heteroatoms. The highest BCUT2D eigenvalue weighted by molar-refractivity contribution is 5.79. The molecule has 164 valence electrons. The molecule has 0 saturated heterocycles. The van der Waals surface area contributed by atoms with E-state index in [2.05, 4.69) is 25.4 Å². The number of aryl methyl sites for hydroxylation is 1. The van der Waals surface area contributed by atoms with Gasteiger partial charge in [0.25, 0.3) is 0 Å². The fourth-order valence-electron chi connectivity index (χ4n) is 4.12. The Morgan fingerprint density at radius 1 is 1.19 bits per heavy atom. The van der Waals surface area contributed by atoms with Gasteiger partial charge in [-0.05, 0) is 39.2 Å². The molecule has 0 bridgehead atoms. The molecule has 0 spiro atoms. The summed E-state index contributed by atoms with van der Waals surface area (Å²) in [6.45, 7) is 3.62. The number of nitrogens with zero attached hydrogens (tertiary/aromatic N) is 6. The number of nitrogens with one attached hydrogen (secondary N) is 1. The Labute approximate surface area is 185 Å². The molecule has 0 fully saturated rings. The predicted octanol–water partition coefficient (Wildman–Crippen LogP) is 3.24. The highest BCUT2D eigenvalue weighted by Gasteiger charge is 2.20. The van der Waals surface area contributed by atoms with Crippen molar-refractivity contribution < 1.29 is 9.13 Å². The molecule has 8 nitrogen and oxygen atoms in total. The summed E-state index contributed by atoms with van der Waals surface area (Å²) in [6.07, 6.45) is 4.07. The van der Waals surface area contributed by atoms with Crippen LogP contribution in [0.25, 0.3) is 16.8 Å². The molecule has 32 heavy (non-hydrogen) atoms. The number of halogens is 1. The van der Waals surface area contributed by atoms with Crippen molar-refractivity contribution in [3.8, 4) is 16.9 Å². The van der Waals surface area contributed by atoms with Crippen LogP contribution < -0.4 is 10.1 Å². The molecule has 1 aromatic carbocycles. The zero-order valence-electron chi connectivity index (χ0n) is 18.3. The molecule has 0 unspecified atom stereocenters. The molecule has 1 N–H and O–H groups in total. The van der Waals surface area contributed by atoms with Gasteiger partial charge in [0.15, 0.2) is 5.65 Å². The van der Waals surface area contributed by atoms with E-state index in [0.29, 0.717) is 30.2 Å². The van der Waals surface area contributed by atoms with Gasteiger partial charge in [0.05, 0.1) is 12.3 Å². The maximum Gasteiger partial charge on any atom is 0.210 e. The summed E-state index contributed by atoms with van der Waals surface area (Å²) < 4.78 is 21.8. The van der Waals surface area contributed by atoms with Gasteiger partial charge in [-0.15, -0.1) is 10.2 Å². The molecule has 0 atom stereocenters. The van der Waals surface area contributed by atoms with Crippen molar-refractivity contribution in [1.29, 1.82) is 0 Å². The highest BCUT2D eigenvalue weighted by atomic mass is 19.1. The third-order valence-electron chi connectivity index (χ3n) is 5.61. The predicted molar refractivity (Wildman–Crippen MR) is 119 cm³/mol. The highest BCUT2D eigenvalue weighted by Crippen LogP contribution is 2.31. The molecule has 0 radical (unpaired) electrons. The summed E-state index contributed by atoms with van der Waals surface area (Å²) in [6, 6.07) is 7.19. The Bertz CT molecular complexity index is 1300. The smallest absolute Gasteiger partial charge is 0.210 e. The molecule has 1 aliphatic rings. The summed E-state index contributed by atoms with van der Waals surface area (Å²) in [7, 11) is 4.03. The monoisotopic (exact) mass is 433 g/mol. The van der Waals surface area contributed by atoms with Crippen molar-refractivity contribution in [2.24, 2.45) is 0 Å². The molecule has 5 rings (SSSR count). The minimum Gasteiger partial charge on any atom is -0.493 e. The number of aromatic nitrogens is 5. The second-order valence-corrected chi connectivity index (χ2v) is 8.15. The van der Waals surface area contributed by atoms with Crippen LogP contribution in [0.2, 0.25) is 0 Å². The average molecular weight is 433 g/mol. The third kappa shape index (κ3) is 3.64. The SMILES string of the molecule is Cc1nc(CN(C)C)ccc1-c1cnc(NCc2c(F)ccc3c2CCO3)n2cnnc12. The number of ether oxygens (including phenoxy) is 1. The Morgan fingerprint density at radius 3 is 2.88 bits per heavy atom. The van der Waals surface area contributed by atoms with Crippen LogP contribution in [0.4, 0.5) is 10.3 Å². The van der Waals surface area contributed by atoms with Gasteiger partial charge in [0, 0.05) is 53.7 Å². The van der Waals surface area contributed by atoms with Crippen molar-refractivity contribution in [3.63, 3.8) is 0 Å². The van der Waals surface area contributed by atoms with E-state index in [1.54, 1.807) is 23.0 Å². The number of anilines is 1. The molecule has 0 saturated carbocycles. The van der Waals surface area contributed by atoms with Crippen LogP contribution in [0.3, 0.4) is 0 Å². The maximum atomic E-state index is 14.5. The Kier molecular flexibility index (Phi) is 5.18. The molecule has 1 aliphatic heterocycles. The molecular weight excluding hydrogens is 409 g/mol. The fraction of sp³-hybridized carbons (Fsp3) is 0.304. The van der Waals surface area contributed by atoms with Gasteiger partial charge in [0.2, 0.25) is 5.95 Å². The number of hydrogen-bond acceptors (Lipinski definition) is 7. The van der Waals surface area contributed by atoms with E-state index < -0.39 is 0 Å². The van der Waals surface area contributed by atoms with Gasteiger partial charge in [-0.1, -0.05) is 6.07 Å². The number of rotatable bonds is 6. The number of fused-ring (bicyclic) bond motifs is 2. The first kappa shape index (κ1) is 20.3. The first-order valence-corrected chi connectivity index (χ1v) is 10.5. The van der Waals surface area contributed by atoms with Crippen LogP contribution in [-0.2, 0) is 19.5 Å². The van der Waals surface area contributed by atoms with Gasteiger partial charge >= 0.3 is 0 Å². The van der Waals surface area contributed by atoms with Crippen LogP contribution in [0.1, 0.15) is 22.5 Å². The summed E-state index contributed by atoms with van der Waals surface area (Å²) in [5.41, 5.74) is 5.87. The van der Waals surface area contributed by atoms with E-state index in [4.69, 9.17) is 9.72 Å². The number of benzene rings is 1. The van der Waals surface area contributed by atoms with E-state index in [-0.39, 0.29) is 12.4 Å². The maximum absolute atomic E-state index is 14.5. The first-order valence-electron chi connectivity index (χ1n) is 10.5. The van der Waals surface area contributed by atoms with Crippen molar-refractivity contribution >= 4 is 11.6 Å². The summed E-state index contributed by atoms with van der Waals surface area (Å²) >= 11 is 0. The largest absolute Gasteiger partial charge is 0.493 e. The lowest BCUT2D eigenvalue weighted by Crippen LogP contribution is -2.12. The van der Waals surface area contributed by atoms with E-state index >= 15 is 0 Å². The van der Waals surface area contributed by atoms with Crippen molar-refractivity contribution in [1.82, 2.24) is 29.5 Å². The van der Waals surface area contributed by atoms with Gasteiger partial charge in [-0.25, -0.2) is 9.37 Å². The second kappa shape index (κ2) is 8.16. The third-order valence-corrected chi connectivity index (χ3v) is 5.61. The van der Waals surface area contributed by atoms with Gasteiger partial charge in [-0.2, -0.15) is 0 Å². The van der Waals surface area contributed by atoms with Crippen LogP contribution in [-0.4, -0.2) is 50.2 Å². The lowest BCUT2D eigenvalue weighted by molar-refractivity contribution is 0.356. The van der Waals surface area contributed by atoms with Gasteiger partial charge in [0.1, 0.15) is 17.9 Å². The molecule has 4 heterocycles. The van der Waals surface area contributed by atoms with E-state index in [1.165, 1.54) is 6.07 Å². The Morgan fingerprint density at radius 2 is 2.06 bits per heavy atom. The zero-order chi connectivity index (χ0) is 22.2. The van der Waals surface area contributed by atoms with Crippen molar-refractivity contribution in [3.05, 3.63) is 65.1 Å². The van der Waals surface area contributed by atoms with Crippen molar-refractivity contribution in [2.75, 3.05) is 26.0 Å². The van der Waals surface area contributed by atoms with Gasteiger partial charge in [-0.3, -0.25) is 9.38 Å². The second-order valence-electron chi connectivity index (χ2n) is 8.15. The standard InChI is InChI=1S/C23H24FN7O/c1-14-16(5-4-15(28-14)12-30(2)3)19-11-26-23(31-13-27-29-22(19)31)25-10-18-17-8-9-32-21(17)7-6-20(18)24/h4-7,11,13H,8-10,12H2,1-3H3,(H,25,26). The van der Waals surface area contributed by atoms with Crippen LogP contribution >= 0.6 is 0 Å². The number of pyridine rings is 1. The summed E-state index contributed by atoms with van der Waals surface area (Å²) in [5.74, 6) is 1.04. The zero-order valence-corrected chi connectivity index (χ0v) is 18.3.